The summed E-state index contributed by atoms with van der Waals surface area (Å²) in [5.74, 6) is 0. The first-order valence-electron chi connectivity index (χ1n) is 6.20. The van der Waals surface area contributed by atoms with Crippen LogP contribution in [-0.2, 0) is 9.47 Å². The van der Waals surface area contributed by atoms with E-state index in [0.29, 0.717) is 6.42 Å². The summed E-state index contributed by atoms with van der Waals surface area (Å²) in [7, 11) is 0. The highest BCUT2D eigenvalue weighted by atomic mass is 16.6. The molecule has 0 aliphatic heterocycles. The van der Waals surface area contributed by atoms with Crippen LogP contribution >= 0.6 is 0 Å². The van der Waals surface area contributed by atoms with Gasteiger partial charge in [-0.2, -0.15) is 0 Å². The molecule has 0 aromatic rings. The van der Waals surface area contributed by atoms with E-state index in [4.69, 9.17) is 9.47 Å². The second-order valence-corrected chi connectivity index (χ2v) is 6.11. The molecular formula is C13H25NO4. The van der Waals surface area contributed by atoms with Crippen LogP contribution in [0.15, 0.2) is 0 Å². The van der Waals surface area contributed by atoms with Crippen molar-refractivity contribution in [1.29, 1.82) is 0 Å². The van der Waals surface area contributed by atoms with Crippen LogP contribution in [0.2, 0.25) is 0 Å². The van der Waals surface area contributed by atoms with Gasteiger partial charge in [0.2, 0.25) is 0 Å². The molecule has 0 unspecified atom stereocenters. The van der Waals surface area contributed by atoms with Crippen LogP contribution in [0.5, 0.6) is 0 Å². The molecule has 0 aliphatic carbocycles. The number of rotatable bonds is 2. The zero-order valence-corrected chi connectivity index (χ0v) is 12.5. The Labute approximate surface area is 109 Å². The third-order valence-corrected chi connectivity index (χ3v) is 1.67. The minimum atomic E-state index is -0.668. The van der Waals surface area contributed by atoms with Crippen molar-refractivity contribution in [2.75, 3.05) is 6.54 Å². The van der Waals surface area contributed by atoms with Crippen molar-refractivity contribution in [3.8, 4) is 0 Å². The van der Waals surface area contributed by atoms with Crippen molar-refractivity contribution in [2.45, 2.75) is 66.1 Å². The average Bonchev–Trinajstić information content (AvgIpc) is 2.07. The molecule has 0 radical (unpaired) electrons. The van der Waals surface area contributed by atoms with Crippen molar-refractivity contribution in [2.24, 2.45) is 0 Å². The maximum absolute atomic E-state index is 11.9. The van der Waals surface area contributed by atoms with E-state index in [9.17, 15) is 9.59 Å². The van der Waals surface area contributed by atoms with Gasteiger partial charge in [0, 0.05) is 6.54 Å². The van der Waals surface area contributed by atoms with E-state index in [1.165, 1.54) is 0 Å². The molecule has 5 heteroatoms. The third kappa shape index (κ3) is 7.14. The van der Waals surface area contributed by atoms with Crippen LogP contribution in [-0.4, -0.2) is 34.8 Å². The molecule has 0 spiro atoms. The molecule has 0 bridgehead atoms. The number of imide groups is 1. The monoisotopic (exact) mass is 259 g/mol. The molecule has 0 rings (SSSR count). The maximum Gasteiger partial charge on any atom is 0.419 e. The van der Waals surface area contributed by atoms with E-state index in [1.54, 1.807) is 41.5 Å². The summed E-state index contributed by atoms with van der Waals surface area (Å²) in [5, 5.41) is 0. The van der Waals surface area contributed by atoms with Crippen LogP contribution < -0.4 is 0 Å². The number of carbonyl (C=O) groups excluding carboxylic acids is 2. The minimum Gasteiger partial charge on any atom is -0.443 e. The number of hydrogen-bond acceptors (Lipinski definition) is 4. The maximum atomic E-state index is 11.9. The SMILES string of the molecule is CCCN(C(=O)OC(C)(C)C)C(=O)OC(C)(C)C. The number of hydrogen-bond donors (Lipinski definition) is 0. The Morgan fingerprint density at radius 2 is 1.22 bits per heavy atom. The predicted molar refractivity (Wildman–Crippen MR) is 69.5 cm³/mol. The van der Waals surface area contributed by atoms with E-state index >= 15 is 0 Å². The van der Waals surface area contributed by atoms with E-state index in [2.05, 4.69) is 0 Å². The van der Waals surface area contributed by atoms with Crippen molar-refractivity contribution in [3.63, 3.8) is 0 Å². The normalized spacial score (nSPS) is 11.9. The van der Waals surface area contributed by atoms with Crippen LogP contribution in [0.25, 0.3) is 0 Å². The third-order valence-electron chi connectivity index (χ3n) is 1.67. The van der Waals surface area contributed by atoms with Gasteiger partial charge in [-0.15, -0.1) is 0 Å². The molecule has 0 heterocycles. The standard InChI is InChI=1S/C13H25NO4/c1-8-9-14(10(15)17-12(2,3)4)11(16)18-13(5,6)7/h8-9H2,1-7H3. The van der Waals surface area contributed by atoms with Gasteiger partial charge in [-0.1, -0.05) is 6.92 Å². The lowest BCUT2D eigenvalue weighted by Gasteiger charge is -2.28. The van der Waals surface area contributed by atoms with Gasteiger partial charge in [-0.05, 0) is 48.0 Å². The summed E-state index contributed by atoms with van der Waals surface area (Å²) in [4.78, 5) is 24.8. The first-order valence-corrected chi connectivity index (χ1v) is 6.20. The zero-order chi connectivity index (χ0) is 14.6. The van der Waals surface area contributed by atoms with Crippen LogP contribution in [0, 0.1) is 0 Å². The fourth-order valence-electron chi connectivity index (χ4n) is 1.11. The number of ether oxygens (including phenoxy) is 2. The predicted octanol–water partition coefficient (Wildman–Crippen LogP) is 3.57. The highest BCUT2D eigenvalue weighted by Crippen LogP contribution is 2.14. The molecule has 0 saturated carbocycles. The van der Waals surface area contributed by atoms with E-state index < -0.39 is 23.4 Å². The van der Waals surface area contributed by atoms with Crippen LogP contribution in [0.4, 0.5) is 9.59 Å². The van der Waals surface area contributed by atoms with Gasteiger partial charge in [0.25, 0.3) is 0 Å². The van der Waals surface area contributed by atoms with Gasteiger partial charge in [0.05, 0.1) is 0 Å². The summed E-state index contributed by atoms with van der Waals surface area (Å²) in [5.41, 5.74) is -1.27. The van der Waals surface area contributed by atoms with Gasteiger partial charge in [-0.3, -0.25) is 0 Å². The molecule has 0 fully saturated rings. The zero-order valence-electron chi connectivity index (χ0n) is 12.5. The number of amides is 2. The quantitative estimate of drug-likeness (QED) is 0.760. The molecule has 0 saturated heterocycles. The Bertz CT molecular complexity index is 271. The molecule has 0 N–H and O–H groups in total. The minimum absolute atomic E-state index is 0.282. The average molecular weight is 259 g/mol. The summed E-state index contributed by atoms with van der Waals surface area (Å²) >= 11 is 0. The van der Waals surface area contributed by atoms with Crippen LogP contribution in [0.3, 0.4) is 0 Å². The first-order chi connectivity index (χ1) is 7.96. The fraction of sp³-hybridized carbons (Fsp3) is 0.846. The van der Waals surface area contributed by atoms with E-state index in [-0.39, 0.29) is 6.54 Å². The lowest BCUT2D eigenvalue weighted by molar-refractivity contribution is 0.00150. The Balaban J connectivity index is 4.75. The van der Waals surface area contributed by atoms with Gasteiger partial charge < -0.3 is 9.47 Å². The number of carbonyl (C=O) groups is 2. The van der Waals surface area contributed by atoms with Gasteiger partial charge >= 0.3 is 12.2 Å². The summed E-state index contributed by atoms with van der Waals surface area (Å²) in [6, 6.07) is 0. The number of nitrogens with zero attached hydrogens (tertiary/aromatic N) is 1. The Morgan fingerprint density at radius 3 is 1.44 bits per heavy atom. The van der Waals surface area contributed by atoms with Gasteiger partial charge in [0.1, 0.15) is 11.2 Å². The van der Waals surface area contributed by atoms with Gasteiger partial charge in [-0.25, -0.2) is 14.5 Å². The van der Waals surface area contributed by atoms with Gasteiger partial charge in [0.15, 0.2) is 0 Å². The summed E-state index contributed by atoms with van der Waals surface area (Å²) < 4.78 is 10.3. The molecule has 106 valence electrons. The molecular weight excluding hydrogens is 234 g/mol. The summed E-state index contributed by atoms with van der Waals surface area (Å²) in [6.07, 6.45) is -0.685. The lowest BCUT2D eigenvalue weighted by atomic mass is 10.2. The highest BCUT2D eigenvalue weighted by molar-refractivity contribution is 5.88. The molecule has 0 aromatic heterocycles. The second-order valence-electron chi connectivity index (χ2n) is 6.11. The van der Waals surface area contributed by atoms with E-state index in [0.717, 1.165) is 4.90 Å². The molecule has 0 atom stereocenters. The Morgan fingerprint density at radius 1 is 0.889 bits per heavy atom. The van der Waals surface area contributed by atoms with Crippen LogP contribution in [0.1, 0.15) is 54.9 Å². The molecule has 2 amide bonds. The molecule has 0 aromatic carbocycles. The van der Waals surface area contributed by atoms with E-state index in [1.807, 2.05) is 6.92 Å². The second kappa shape index (κ2) is 6.07. The van der Waals surface area contributed by atoms with Crippen molar-refractivity contribution < 1.29 is 19.1 Å². The topological polar surface area (TPSA) is 55.8 Å². The smallest absolute Gasteiger partial charge is 0.419 e. The van der Waals surface area contributed by atoms with Crippen molar-refractivity contribution >= 4 is 12.2 Å². The molecule has 18 heavy (non-hydrogen) atoms. The lowest BCUT2D eigenvalue weighted by Crippen LogP contribution is -2.43. The molecule has 5 nitrogen and oxygen atoms in total. The Hall–Kier alpha value is -1.26. The highest BCUT2D eigenvalue weighted by Gasteiger charge is 2.30. The summed E-state index contributed by atoms with van der Waals surface area (Å²) in [6.45, 7) is 12.7. The first kappa shape index (κ1) is 16.7. The largest absolute Gasteiger partial charge is 0.443 e. The van der Waals surface area contributed by atoms with Crippen molar-refractivity contribution in [3.05, 3.63) is 0 Å². The Kier molecular flexibility index (Phi) is 5.64. The fourth-order valence-corrected chi connectivity index (χ4v) is 1.11. The molecule has 0 aliphatic rings. The van der Waals surface area contributed by atoms with Crippen molar-refractivity contribution in [1.82, 2.24) is 4.90 Å².